The first kappa shape index (κ1) is 11.0. The van der Waals surface area contributed by atoms with Crippen LogP contribution >= 0.6 is 22.9 Å². The fraction of sp³-hybridized carbons (Fsp3) is 0.100. The Kier molecular flexibility index (Phi) is 3.17. The maximum Gasteiger partial charge on any atom is 0.357 e. The molecule has 0 bridgehead atoms. The van der Waals surface area contributed by atoms with E-state index in [9.17, 15) is 4.79 Å². The molecule has 0 fully saturated rings. The number of pyridine rings is 1. The van der Waals surface area contributed by atoms with E-state index < -0.39 is 5.97 Å². The molecule has 6 heteroatoms. The number of carbonyl (C=O) groups is 1. The number of hydrogen-bond donors (Lipinski definition) is 0. The molecule has 2 rings (SSSR count). The van der Waals surface area contributed by atoms with Gasteiger partial charge in [-0.15, -0.1) is 11.3 Å². The average Bonchev–Trinajstić information content (AvgIpc) is 2.78. The Labute approximate surface area is 101 Å². The second-order valence-electron chi connectivity index (χ2n) is 2.89. The number of esters is 1. The van der Waals surface area contributed by atoms with Crippen LogP contribution in [0, 0.1) is 0 Å². The summed E-state index contributed by atoms with van der Waals surface area (Å²) in [6, 6.07) is 3.48. The second kappa shape index (κ2) is 4.59. The maximum atomic E-state index is 11.2. The van der Waals surface area contributed by atoms with Crippen molar-refractivity contribution in [2.45, 2.75) is 0 Å². The van der Waals surface area contributed by atoms with Crippen molar-refractivity contribution in [2.24, 2.45) is 0 Å². The van der Waals surface area contributed by atoms with Gasteiger partial charge in [-0.05, 0) is 12.1 Å². The minimum absolute atomic E-state index is 0.291. The SMILES string of the molecule is COC(=O)c1csc(-c2ccc(Cl)cn2)n1. The van der Waals surface area contributed by atoms with Gasteiger partial charge in [0, 0.05) is 11.6 Å². The van der Waals surface area contributed by atoms with Gasteiger partial charge in [-0.1, -0.05) is 11.6 Å². The van der Waals surface area contributed by atoms with Crippen molar-refractivity contribution in [1.82, 2.24) is 9.97 Å². The molecular formula is C10H7ClN2O2S. The molecule has 0 N–H and O–H groups in total. The topological polar surface area (TPSA) is 52.1 Å². The molecule has 0 aliphatic rings. The van der Waals surface area contributed by atoms with E-state index in [4.69, 9.17) is 11.6 Å². The Bertz CT molecular complexity index is 510. The van der Waals surface area contributed by atoms with Gasteiger partial charge in [0.05, 0.1) is 17.8 Å². The lowest BCUT2D eigenvalue weighted by Gasteiger charge is -1.95. The minimum Gasteiger partial charge on any atom is -0.464 e. The molecule has 82 valence electrons. The third-order valence-corrected chi connectivity index (χ3v) is 2.93. The van der Waals surface area contributed by atoms with Crippen molar-refractivity contribution >= 4 is 28.9 Å². The van der Waals surface area contributed by atoms with Crippen molar-refractivity contribution in [3.8, 4) is 10.7 Å². The summed E-state index contributed by atoms with van der Waals surface area (Å²) in [6.45, 7) is 0. The highest BCUT2D eigenvalue weighted by molar-refractivity contribution is 7.13. The summed E-state index contributed by atoms with van der Waals surface area (Å²) in [4.78, 5) is 19.4. The summed E-state index contributed by atoms with van der Waals surface area (Å²) >= 11 is 7.06. The van der Waals surface area contributed by atoms with Crippen LogP contribution in [0.25, 0.3) is 10.7 Å². The van der Waals surface area contributed by atoms with Crippen LogP contribution < -0.4 is 0 Å². The van der Waals surface area contributed by atoms with Crippen molar-refractivity contribution in [2.75, 3.05) is 7.11 Å². The Morgan fingerprint density at radius 3 is 2.94 bits per heavy atom. The minimum atomic E-state index is -0.448. The maximum absolute atomic E-state index is 11.2. The highest BCUT2D eigenvalue weighted by atomic mass is 35.5. The van der Waals surface area contributed by atoms with E-state index in [0.717, 1.165) is 0 Å². The summed E-state index contributed by atoms with van der Waals surface area (Å²) in [7, 11) is 1.32. The summed E-state index contributed by atoms with van der Waals surface area (Å²) in [5.74, 6) is -0.448. The lowest BCUT2D eigenvalue weighted by molar-refractivity contribution is 0.0595. The lowest BCUT2D eigenvalue weighted by Crippen LogP contribution is -2.01. The van der Waals surface area contributed by atoms with Crippen LogP contribution in [0.5, 0.6) is 0 Å². The molecule has 0 aliphatic carbocycles. The number of nitrogens with zero attached hydrogens (tertiary/aromatic N) is 2. The molecule has 0 saturated carbocycles. The Hall–Kier alpha value is -1.46. The van der Waals surface area contributed by atoms with Gasteiger partial charge < -0.3 is 4.74 Å². The summed E-state index contributed by atoms with van der Waals surface area (Å²) in [5.41, 5.74) is 0.976. The Morgan fingerprint density at radius 1 is 1.50 bits per heavy atom. The van der Waals surface area contributed by atoms with Crippen molar-refractivity contribution in [1.29, 1.82) is 0 Å². The normalized spacial score (nSPS) is 10.1. The highest BCUT2D eigenvalue weighted by Crippen LogP contribution is 2.22. The molecule has 0 atom stereocenters. The van der Waals surface area contributed by atoms with Gasteiger partial charge in [-0.25, -0.2) is 9.78 Å². The van der Waals surface area contributed by atoms with Gasteiger partial charge in [0.25, 0.3) is 0 Å². The zero-order valence-corrected chi connectivity index (χ0v) is 9.88. The quantitative estimate of drug-likeness (QED) is 0.773. The van der Waals surface area contributed by atoms with E-state index in [1.54, 1.807) is 17.5 Å². The molecule has 4 nitrogen and oxygen atoms in total. The number of hydrogen-bond acceptors (Lipinski definition) is 5. The molecule has 16 heavy (non-hydrogen) atoms. The van der Waals surface area contributed by atoms with E-state index in [1.807, 2.05) is 0 Å². The van der Waals surface area contributed by atoms with E-state index >= 15 is 0 Å². The van der Waals surface area contributed by atoms with Gasteiger partial charge in [0.15, 0.2) is 5.69 Å². The number of thiazole rings is 1. The van der Waals surface area contributed by atoms with Crippen LogP contribution in [-0.2, 0) is 4.74 Å². The largest absolute Gasteiger partial charge is 0.464 e. The van der Waals surface area contributed by atoms with E-state index in [1.165, 1.54) is 24.6 Å². The monoisotopic (exact) mass is 254 g/mol. The molecular weight excluding hydrogens is 248 g/mol. The lowest BCUT2D eigenvalue weighted by atomic mass is 10.3. The van der Waals surface area contributed by atoms with Gasteiger partial charge in [-0.3, -0.25) is 4.98 Å². The molecule has 2 aromatic heterocycles. The molecule has 0 unspecified atom stereocenters. The number of ether oxygens (including phenoxy) is 1. The summed E-state index contributed by atoms with van der Waals surface area (Å²) < 4.78 is 4.57. The van der Waals surface area contributed by atoms with Crippen LogP contribution in [-0.4, -0.2) is 23.0 Å². The standard InChI is InChI=1S/C10H7ClN2O2S/c1-15-10(14)8-5-16-9(13-8)7-3-2-6(11)4-12-7/h2-5H,1H3. The van der Waals surface area contributed by atoms with Crippen LogP contribution in [0.15, 0.2) is 23.7 Å². The Morgan fingerprint density at radius 2 is 2.31 bits per heavy atom. The van der Waals surface area contributed by atoms with Gasteiger partial charge >= 0.3 is 5.97 Å². The van der Waals surface area contributed by atoms with E-state index in [2.05, 4.69) is 14.7 Å². The highest BCUT2D eigenvalue weighted by Gasteiger charge is 2.12. The number of carbonyl (C=O) groups excluding carboxylic acids is 1. The van der Waals surface area contributed by atoms with Crippen LogP contribution in [0.3, 0.4) is 0 Å². The molecule has 0 saturated heterocycles. The Balaban J connectivity index is 2.31. The van der Waals surface area contributed by atoms with Crippen LogP contribution in [0.2, 0.25) is 5.02 Å². The van der Waals surface area contributed by atoms with Gasteiger partial charge in [0.2, 0.25) is 0 Å². The zero-order chi connectivity index (χ0) is 11.5. The zero-order valence-electron chi connectivity index (χ0n) is 8.31. The number of aromatic nitrogens is 2. The number of methoxy groups -OCH3 is 1. The molecule has 2 heterocycles. The molecule has 2 aromatic rings. The van der Waals surface area contributed by atoms with Crippen LogP contribution in [0.4, 0.5) is 0 Å². The summed E-state index contributed by atoms with van der Waals surface area (Å²) in [6.07, 6.45) is 1.54. The van der Waals surface area contributed by atoms with E-state index in [0.29, 0.717) is 21.4 Å². The van der Waals surface area contributed by atoms with Crippen molar-refractivity contribution < 1.29 is 9.53 Å². The second-order valence-corrected chi connectivity index (χ2v) is 4.19. The number of halogens is 1. The van der Waals surface area contributed by atoms with Gasteiger partial charge in [-0.2, -0.15) is 0 Å². The fourth-order valence-corrected chi connectivity index (χ4v) is 1.97. The first-order valence-electron chi connectivity index (χ1n) is 4.36. The predicted octanol–water partition coefficient (Wildman–Crippen LogP) is 2.65. The first-order chi connectivity index (χ1) is 7.70. The molecule has 0 amide bonds. The smallest absolute Gasteiger partial charge is 0.357 e. The average molecular weight is 255 g/mol. The van der Waals surface area contributed by atoms with E-state index in [-0.39, 0.29) is 0 Å². The number of rotatable bonds is 2. The first-order valence-corrected chi connectivity index (χ1v) is 5.62. The molecule has 0 spiro atoms. The van der Waals surface area contributed by atoms with Gasteiger partial charge in [0.1, 0.15) is 5.01 Å². The molecule has 0 aliphatic heterocycles. The third-order valence-electron chi connectivity index (χ3n) is 1.85. The fourth-order valence-electron chi connectivity index (χ4n) is 1.09. The predicted molar refractivity (Wildman–Crippen MR) is 61.7 cm³/mol. The molecule has 0 aromatic carbocycles. The third kappa shape index (κ3) is 2.20. The van der Waals surface area contributed by atoms with Crippen molar-refractivity contribution in [3.05, 3.63) is 34.4 Å². The molecule has 0 radical (unpaired) electrons. The van der Waals surface area contributed by atoms with Crippen molar-refractivity contribution in [3.63, 3.8) is 0 Å². The van der Waals surface area contributed by atoms with Crippen LogP contribution in [0.1, 0.15) is 10.5 Å². The summed E-state index contributed by atoms with van der Waals surface area (Å²) in [5, 5.41) is 2.86.